The Morgan fingerprint density at radius 1 is 0.778 bits per heavy atom. The molecule has 106 valence electrons. The van der Waals surface area contributed by atoms with Crippen LogP contribution in [0, 0.1) is 11.8 Å². The minimum atomic E-state index is 0.367. The Morgan fingerprint density at radius 3 is 1.72 bits per heavy atom. The fourth-order valence-electron chi connectivity index (χ4n) is 3.37. The minimum Gasteiger partial charge on any atom is -0.298 e. The molecule has 0 N–H and O–H groups in total. The normalized spacial score (nSPS) is 28.7. The first-order valence-corrected chi connectivity index (χ1v) is 7.66. The first kappa shape index (κ1) is 14.3. The van der Waals surface area contributed by atoms with Gasteiger partial charge in [0, 0.05) is 30.7 Å². The van der Waals surface area contributed by atoms with E-state index in [1.54, 1.807) is 0 Å². The van der Waals surface area contributed by atoms with E-state index >= 15 is 0 Å². The zero-order valence-electron chi connectivity index (χ0n) is 13.3. The summed E-state index contributed by atoms with van der Waals surface area (Å²) < 4.78 is 0. The van der Waals surface area contributed by atoms with Crippen LogP contribution >= 0.6 is 0 Å². The molecule has 2 fully saturated rings. The van der Waals surface area contributed by atoms with Crippen molar-refractivity contribution >= 4 is 0 Å². The molecule has 0 unspecified atom stereocenters. The van der Waals surface area contributed by atoms with E-state index in [1.807, 2.05) is 0 Å². The third kappa shape index (κ3) is 3.27. The molecule has 0 spiro atoms. The second-order valence-electron chi connectivity index (χ2n) is 8.45. The lowest BCUT2D eigenvalue weighted by Gasteiger charge is -2.48. The Bertz CT molecular complexity index is 278. The summed E-state index contributed by atoms with van der Waals surface area (Å²) in [6.07, 6.45) is 2.88. The van der Waals surface area contributed by atoms with Gasteiger partial charge in [0.2, 0.25) is 0 Å². The molecule has 0 aliphatic carbocycles. The van der Waals surface area contributed by atoms with Crippen molar-refractivity contribution in [3.63, 3.8) is 0 Å². The molecule has 0 amide bonds. The van der Waals surface area contributed by atoms with Gasteiger partial charge in [-0.3, -0.25) is 9.80 Å². The largest absolute Gasteiger partial charge is 0.298 e. The van der Waals surface area contributed by atoms with Crippen molar-refractivity contribution in [1.82, 2.24) is 9.80 Å². The van der Waals surface area contributed by atoms with Gasteiger partial charge in [0.1, 0.15) is 0 Å². The maximum absolute atomic E-state index is 2.66. The van der Waals surface area contributed by atoms with E-state index < -0.39 is 0 Å². The molecule has 2 heterocycles. The highest BCUT2D eigenvalue weighted by Crippen LogP contribution is 2.34. The van der Waals surface area contributed by atoms with Crippen LogP contribution in [0.3, 0.4) is 0 Å². The van der Waals surface area contributed by atoms with Crippen LogP contribution in [-0.2, 0) is 0 Å². The van der Waals surface area contributed by atoms with Crippen LogP contribution < -0.4 is 0 Å². The molecule has 0 aromatic rings. The van der Waals surface area contributed by atoms with Crippen LogP contribution in [0.1, 0.15) is 54.4 Å². The second kappa shape index (κ2) is 4.79. The number of rotatable bonds is 2. The predicted octanol–water partition coefficient (Wildman–Crippen LogP) is 3.23. The lowest BCUT2D eigenvalue weighted by atomic mass is 9.85. The molecule has 2 aliphatic heterocycles. The van der Waals surface area contributed by atoms with E-state index in [9.17, 15) is 0 Å². The first-order chi connectivity index (χ1) is 8.16. The average molecular weight is 252 g/mol. The van der Waals surface area contributed by atoms with E-state index in [2.05, 4.69) is 51.3 Å². The predicted molar refractivity (Wildman–Crippen MR) is 78.9 cm³/mol. The zero-order chi connectivity index (χ0) is 13.6. The highest BCUT2D eigenvalue weighted by Gasteiger charge is 2.37. The van der Waals surface area contributed by atoms with E-state index in [1.165, 1.54) is 39.0 Å². The van der Waals surface area contributed by atoms with Gasteiger partial charge in [0.05, 0.1) is 0 Å². The molecule has 2 saturated heterocycles. The number of hydrogen-bond acceptors (Lipinski definition) is 2. The molecule has 1 atom stereocenters. The van der Waals surface area contributed by atoms with E-state index in [4.69, 9.17) is 0 Å². The molecule has 2 aliphatic rings. The van der Waals surface area contributed by atoms with Crippen LogP contribution in [0.2, 0.25) is 0 Å². The van der Waals surface area contributed by atoms with E-state index in [0.29, 0.717) is 11.1 Å². The van der Waals surface area contributed by atoms with Gasteiger partial charge in [0.25, 0.3) is 0 Å². The molecule has 2 rings (SSSR count). The topological polar surface area (TPSA) is 6.48 Å². The number of likely N-dealkylation sites (tertiary alicyclic amines) is 2. The standard InChI is InChI=1S/C16H32N2/c1-15(2,3)17-8-7-13(10-17)9-14-11-18(12-14)16(4,5)6/h13-14H,7-12H2,1-6H3/t13-/m1/s1. The van der Waals surface area contributed by atoms with Crippen molar-refractivity contribution in [1.29, 1.82) is 0 Å². The number of hydrogen-bond donors (Lipinski definition) is 0. The summed E-state index contributed by atoms with van der Waals surface area (Å²) in [5.74, 6) is 1.92. The minimum absolute atomic E-state index is 0.367. The lowest BCUT2D eigenvalue weighted by Crippen LogP contribution is -2.56. The average Bonchev–Trinajstić information content (AvgIpc) is 2.55. The van der Waals surface area contributed by atoms with Crippen LogP contribution in [0.5, 0.6) is 0 Å². The monoisotopic (exact) mass is 252 g/mol. The quantitative estimate of drug-likeness (QED) is 0.744. The molecule has 0 saturated carbocycles. The van der Waals surface area contributed by atoms with E-state index in [0.717, 1.165) is 11.8 Å². The third-order valence-electron chi connectivity index (χ3n) is 4.81. The van der Waals surface area contributed by atoms with Crippen molar-refractivity contribution in [2.24, 2.45) is 11.8 Å². The fraction of sp³-hybridized carbons (Fsp3) is 1.00. The molecule has 0 aromatic carbocycles. The molecular weight excluding hydrogens is 220 g/mol. The smallest absolute Gasteiger partial charge is 0.0125 e. The van der Waals surface area contributed by atoms with Gasteiger partial charge < -0.3 is 0 Å². The summed E-state index contributed by atoms with van der Waals surface area (Å²) >= 11 is 0. The van der Waals surface area contributed by atoms with Gasteiger partial charge in [-0.05, 0) is 72.8 Å². The first-order valence-electron chi connectivity index (χ1n) is 7.66. The highest BCUT2D eigenvalue weighted by molar-refractivity contribution is 4.92. The molecule has 0 bridgehead atoms. The van der Waals surface area contributed by atoms with Crippen molar-refractivity contribution in [2.45, 2.75) is 65.5 Å². The van der Waals surface area contributed by atoms with Gasteiger partial charge in [0.15, 0.2) is 0 Å². The summed E-state index contributed by atoms with van der Waals surface area (Å²) in [7, 11) is 0. The Balaban J connectivity index is 1.71. The Hall–Kier alpha value is -0.0800. The van der Waals surface area contributed by atoms with Gasteiger partial charge in [-0.1, -0.05) is 0 Å². The van der Waals surface area contributed by atoms with Crippen LogP contribution in [-0.4, -0.2) is 47.1 Å². The summed E-state index contributed by atoms with van der Waals surface area (Å²) in [6.45, 7) is 19.3. The van der Waals surface area contributed by atoms with Crippen molar-refractivity contribution in [3.05, 3.63) is 0 Å². The van der Waals surface area contributed by atoms with E-state index in [-0.39, 0.29) is 0 Å². The maximum Gasteiger partial charge on any atom is 0.0125 e. The van der Waals surface area contributed by atoms with Crippen LogP contribution in [0.25, 0.3) is 0 Å². The number of nitrogens with zero attached hydrogens (tertiary/aromatic N) is 2. The van der Waals surface area contributed by atoms with Gasteiger partial charge >= 0.3 is 0 Å². The van der Waals surface area contributed by atoms with Crippen molar-refractivity contribution in [3.8, 4) is 0 Å². The molecular formula is C16H32N2. The molecule has 2 heteroatoms. The Morgan fingerprint density at radius 2 is 1.28 bits per heavy atom. The summed E-state index contributed by atoms with van der Waals surface area (Å²) in [5.41, 5.74) is 0.745. The van der Waals surface area contributed by atoms with Crippen LogP contribution in [0.4, 0.5) is 0 Å². The Labute approximate surface area is 114 Å². The maximum atomic E-state index is 2.66. The van der Waals surface area contributed by atoms with Gasteiger partial charge in [-0.15, -0.1) is 0 Å². The SMILES string of the molecule is CC(C)(C)N1CC(C[C@H]2CCN(C(C)(C)C)C2)C1. The second-order valence-corrected chi connectivity index (χ2v) is 8.45. The highest BCUT2D eigenvalue weighted by atomic mass is 15.2. The summed E-state index contributed by atoms with van der Waals surface area (Å²) in [4.78, 5) is 5.28. The summed E-state index contributed by atoms with van der Waals surface area (Å²) in [6, 6.07) is 0. The van der Waals surface area contributed by atoms with Gasteiger partial charge in [-0.2, -0.15) is 0 Å². The molecule has 0 radical (unpaired) electrons. The lowest BCUT2D eigenvalue weighted by molar-refractivity contribution is 0.00351. The van der Waals surface area contributed by atoms with Crippen LogP contribution in [0.15, 0.2) is 0 Å². The van der Waals surface area contributed by atoms with Crippen molar-refractivity contribution < 1.29 is 0 Å². The molecule has 2 nitrogen and oxygen atoms in total. The molecule has 0 aromatic heterocycles. The third-order valence-corrected chi connectivity index (χ3v) is 4.81. The zero-order valence-corrected chi connectivity index (χ0v) is 13.3. The van der Waals surface area contributed by atoms with Gasteiger partial charge in [-0.25, -0.2) is 0 Å². The fourth-order valence-corrected chi connectivity index (χ4v) is 3.37. The summed E-state index contributed by atoms with van der Waals surface area (Å²) in [5, 5.41) is 0. The van der Waals surface area contributed by atoms with Crippen molar-refractivity contribution in [2.75, 3.05) is 26.2 Å². The Kier molecular flexibility index (Phi) is 3.81. The molecule has 18 heavy (non-hydrogen) atoms.